The Kier molecular flexibility index (Phi) is 4.07. The molecule has 0 fully saturated rings. The van der Waals surface area contributed by atoms with Crippen LogP contribution in [0.5, 0.6) is 0 Å². The van der Waals surface area contributed by atoms with E-state index < -0.39 is 0 Å². The SMILES string of the molecule is CNCC(C)OCc1cccc2cccnc12. The van der Waals surface area contributed by atoms with Crippen LogP contribution >= 0.6 is 0 Å². The molecule has 0 spiro atoms. The molecule has 1 unspecified atom stereocenters. The summed E-state index contributed by atoms with van der Waals surface area (Å²) in [6, 6.07) is 10.2. The second-order valence-electron chi connectivity index (χ2n) is 4.17. The Morgan fingerprint density at radius 3 is 2.94 bits per heavy atom. The minimum Gasteiger partial charge on any atom is -0.372 e. The van der Waals surface area contributed by atoms with Crippen LogP contribution in [0.25, 0.3) is 10.9 Å². The molecule has 0 aliphatic heterocycles. The molecule has 0 aliphatic rings. The fourth-order valence-corrected chi connectivity index (χ4v) is 1.86. The number of fused-ring (bicyclic) bond motifs is 1. The molecule has 1 aromatic carbocycles. The van der Waals surface area contributed by atoms with Gasteiger partial charge in [-0.15, -0.1) is 0 Å². The van der Waals surface area contributed by atoms with Crippen molar-refractivity contribution in [3.8, 4) is 0 Å². The maximum atomic E-state index is 5.77. The Labute approximate surface area is 102 Å². The van der Waals surface area contributed by atoms with Crippen LogP contribution in [0.2, 0.25) is 0 Å². The Balaban J connectivity index is 2.13. The smallest absolute Gasteiger partial charge is 0.0757 e. The van der Waals surface area contributed by atoms with Gasteiger partial charge in [-0.2, -0.15) is 0 Å². The maximum Gasteiger partial charge on any atom is 0.0757 e. The Morgan fingerprint density at radius 2 is 2.12 bits per heavy atom. The van der Waals surface area contributed by atoms with Crippen LogP contribution in [0.4, 0.5) is 0 Å². The zero-order valence-electron chi connectivity index (χ0n) is 10.3. The normalized spacial score (nSPS) is 12.8. The molecule has 0 radical (unpaired) electrons. The molecule has 2 rings (SSSR count). The first-order valence-electron chi connectivity index (χ1n) is 5.90. The van der Waals surface area contributed by atoms with Crippen molar-refractivity contribution in [3.05, 3.63) is 42.1 Å². The summed E-state index contributed by atoms with van der Waals surface area (Å²) in [7, 11) is 1.93. The lowest BCUT2D eigenvalue weighted by molar-refractivity contribution is 0.0551. The third-order valence-corrected chi connectivity index (χ3v) is 2.73. The predicted molar refractivity (Wildman–Crippen MR) is 69.9 cm³/mol. The fourth-order valence-electron chi connectivity index (χ4n) is 1.86. The molecule has 0 aliphatic carbocycles. The number of hydrogen-bond donors (Lipinski definition) is 1. The number of ether oxygens (including phenoxy) is 1. The minimum absolute atomic E-state index is 0.207. The summed E-state index contributed by atoms with van der Waals surface area (Å²) in [5, 5.41) is 4.26. The molecule has 1 atom stereocenters. The number of nitrogens with one attached hydrogen (secondary N) is 1. The molecular weight excluding hydrogens is 212 g/mol. The Bertz CT molecular complexity index is 479. The summed E-state index contributed by atoms with van der Waals surface area (Å²) in [4.78, 5) is 4.41. The number of nitrogens with zero attached hydrogens (tertiary/aromatic N) is 1. The topological polar surface area (TPSA) is 34.1 Å². The molecule has 1 N–H and O–H groups in total. The number of benzene rings is 1. The standard InChI is InChI=1S/C14H18N2O/c1-11(9-15-2)17-10-13-6-3-5-12-7-4-8-16-14(12)13/h3-8,11,15H,9-10H2,1-2H3. The van der Waals surface area contributed by atoms with Crippen molar-refractivity contribution in [2.75, 3.05) is 13.6 Å². The molecule has 0 bridgehead atoms. The van der Waals surface area contributed by atoms with Crippen molar-refractivity contribution >= 4 is 10.9 Å². The van der Waals surface area contributed by atoms with Gasteiger partial charge in [0.2, 0.25) is 0 Å². The van der Waals surface area contributed by atoms with Crippen molar-refractivity contribution in [2.45, 2.75) is 19.6 Å². The van der Waals surface area contributed by atoms with Gasteiger partial charge in [-0.3, -0.25) is 4.98 Å². The van der Waals surface area contributed by atoms with Gasteiger partial charge < -0.3 is 10.1 Å². The molecular formula is C14H18N2O. The second-order valence-corrected chi connectivity index (χ2v) is 4.17. The van der Waals surface area contributed by atoms with Crippen LogP contribution in [-0.2, 0) is 11.3 Å². The van der Waals surface area contributed by atoms with E-state index in [0.29, 0.717) is 6.61 Å². The van der Waals surface area contributed by atoms with E-state index in [1.807, 2.05) is 25.4 Å². The van der Waals surface area contributed by atoms with Gasteiger partial charge in [0, 0.05) is 23.7 Å². The number of para-hydroxylation sites is 1. The van der Waals surface area contributed by atoms with E-state index in [0.717, 1.165) is 23.0 Å². The largest absolute Gasteiger partial charge is 0.372 e. The third kappa shape index (κ3) is 3.02. The van der Waals surface area contributed by atoms with E-state index in [2.05, 4.69) is 35.4 Å². The molecule has 1 heterocycles. The van der Waals surface area contributed by atoms with Crippen LogP contribution in [0.3, 0.4) is 0 Å². The Hall–Kier alpha value is -1.45. The van der Waals surface area contributed by atoms with E-state index in [-0.39, 0.29) is 6.10 Å². The average Bonchev–Trinajstić information content (AvgIpc) is 2.36. The van der Waals surface area contributed by atoms with Crippen molar-refractivity contribution in [3.63, 3.8) is 0 Å². The van der Waals surface area contributed by atoms with Crippen molar-refractivity contribution < 1.29 is 4.74 Å². The lowest BCUT2D eigenvalue weighted by atomic mass is 10.1. The van der Waals surface area contributed by atoms with Crippen LogP contribution in [0.15, 0.2) is 36.5 Å². The van der Waals surface area contributed by atoms with Crippen LogP contribution in [0.1, 0.15) is 12.5 Å². The zero-order chi connectivity index (χ0) is 12.1. The third-order valence-electron chi connectivity index (χ3n) is 2.73. The van der Waals surface area contributed by atoms with Crippen LogP contribution in [-0.4, -0.2) is 24.7 Å². The Morgan fingerprint density at radius 1 is 1.29 bits per heavy atom. The number of likely N-dealkylation sites (N-methyl/N-ethyl adjacent to an activating group) is 1. The first kappa shape index (κ1) is 12.0. The summed E-state index contributed by atoms with van der Waals surface area (Å²) in [5.74, 6) is 0. The van der Waals surface area contributed by atoms with E-state index >= 15 is 0 Å². The van der Waals surface area contributed by atoms with E-state index in [9.17, 15) is 0 Å². The zero-order valence-corrected chi connectivity index (χ0v) is 10.3. The number of aromatic nitrogens is 1. The minimum atomic E-state index is 0.207. The van der Waals surface area contributed by atoms with Gasteiger partial charge in [-0.25, -0.2) is 0 Å². The molecule has 1 aromatic heterocycles. The molecule has 3 heteroatoms. The van der Waals surface area contributed by atoms with Gasteiger partial charge in [-0.05, 0) is 20.0 Å². The van der Waals surface area contributed by atoms with Gasteiger partial charge in [0.15, 0.2) is 0 Å². The van der Waals surface area contributed by atoms with Gasteiger partial charge in [0.05, 0.1) is 18.2 Å². The predicted octanol–water partition coefficient (Wildman–Crippen LogP) is 2.36. The molecule has 2 aromatic rings. The number of pyridine rings is 1. The van der Waals surface area contributed by atoms with E-state index in [1.54, 1.807) is 0 Å². The van der Waals surface area contributed by atoms with Crippen LogP contribution < -0.4 is 5.32 Å². The average molecular weight is 230 g/mol. The quantitative estimate of drug-likeness (QED) is 0.856. The van der Waals surface area contributed by atoms with Crippen molar-refractivity contribution in [2.24, 2.45) is 0 Å². The highest BCUT2D eigenvalue weighted by atomic mass is 16.5. The summed E-state index contributed by atoms with van der Waals surface area (Å²) in [6.45, 7) is 3.53. The van der Waals surface area contributed by atoms with Gasteiger partial charge in [0.25, 0.3) is 0 Å². The lowest BCUT2D eigenvalue weighted by Gasteiger charge is -2.13. The summed E-state index contributed by atoms with van der Waals surface area (Å²) in [6.07, 6.45) is 2.03. The highest BCUT2D eigenvalue weighted by Crippen LogP contribution is 2.17. The number of hydrogen-bond acceptors (Lipinski definition) is 3. The van der Waals surface area contributed by atoms with E-state index in [4.69, 9.17) is 4.74 Å². The first-order chi connectivity index (χ1) is 8.31. The first-order valence-corrected chi connectivity index (χ1v) is 5.90. The van der Waals surface area contributed by atoms with Gasteiger partial charge in [-0.1, -0.05) is 24.3 Å². The number of rotatable bonds is 5. The molecule has 0 saturated carbocycles. The molecule has 0 amide bonds. The summed E-state index contributed by atoms with van der Waals surface area (Å²) < 4.78 is 5.77. The lowest BCUT2D eigenvalue weighted by Crippen LogP contribution is -2.23. The molecule has 90 valence electrons. The van der Waals surface area contributed by atoms with Gasteiger partial charge >= 0.3 is 0 Å². The van der Waals surface area contributed by atoms with Gasteiger partial charge in [0.1, 0.15) is 0 Å². The monoisotopic (exact) mass is 230 g/mol. The maximum absolute atomic E-state index is 5.77. The summed E-state index contributed by atoms with van der Waals surface area (Å²) in [5.41, 5.74) is 2.18. The molecule has 3 nitrogen and oxygen atoms in total. The van der Waals surface area contributed by atoms with E-state index in [1.165, 1.54) is 0 Å². The fraction of sp³-hybridized carbons (Fsp3) is 0.357. The molecule has 0 saturated heterocycles. The molecule has 17 heavy (non-hydrogen) atoms. The van der Waals surface area contributed by atoms with Crippen LogP contribution in [0, 0.1) is 0 Å². The summed E-state index contributed by atoms with van der Waals surface area (Å²) >= 11 is 0. The highest BCUT2D eigenvalue weighted by Gasteiger charge is 2.04. The van der Waals surface area contributed by atoms with Crippen molar-refractivity contribution in [1.82, 2.24) is 10.3 Å². The highest BCUT2D eigenvalue weighted by molar-refractivity contribution is 5.81. The second kappa shape index (κ2) is 5.75. The van der Waals surface area contributed by atoms with Crippen molar-refractivity contribution in [1.29, 1.82) is 0 Å².